The summed E-state index contributed by atoms with van der Waals surface area (Å²) in [5.41, 5.74) is 2.25. The number of esters is 2. The number of rotatable bonds is 32. The highest BCUT2D eigenvalue weighted by atomic mass is 32.2. The van der Waals surface area contributed by atoms with Crippen LogP contribution in [0.3, 0.4) is 0 Å². The van der Waals surface area contributed by atoms with Crippen LogP contribution in [-0.4, -0.2) is 71.4 Å². The van der Waals surface area contributed by atoms with Crippen LogP contribution in [0.1, 0.15) is 140 Å². The molecule has 0 bridgehead atoms. The van der Waals surface area contributed by atoms with E-state index >= 15 is 0 Å². The molecule has 326 valence electrons. The van der Waals surface area contributed by atoms with Crippen molar-refractivity contribution in [3.8, 4) is 0 Å². The van der Waals surface area contributed by atoms with Crippen molar-refractivity contribution >= 4 is 30.2 Å². The van der Waals surface area contributed by atoms with Gasteiger partial charge in [0.05, 0.1) is 13.0 Å². The van der Waals surface area contributed by atoms with Gasteiger partial charge in [-0.3, -0.25) is 23.6 Å². The molecule has 0 aromatic heterocycles. The largest absolute Gasteiger partial charge is 0.691 e. The molecule has 1 amide bonds. The van der Waals surface area contributed by atoms with E-state index in [1.807, 2.05) is 36.4 Å². The van der Waals surface area contributed by atoms with E-state index in [-0.39, 0.29) is 37.6 Å². The van der Waals surface area contributed by atoms with Crippen LogP contribution in [0.4, 0.5) is 0 Å². The fourth-order valence-electron chi connectivity index (χ4n) is 7.18. The monoisotopic (exact) mass is 832 g/mol. The quantitative estimate of drug-likeness (QED) is 0.0224. The Morgan fingerprint density at radius 3 is 1.97 bits per heavy atom. The van der Waals surface area contributed by atoms with Crippen LogP contribution in [0.15, 0.2) is 60.7 Å². The third-order valence-electron chi connectivity index (χ3n) is 10.4. The first-order valence-electron chi connectivity index (χ1n) is 21.3. The predicted molar refractivity (Wildman–Crippen MR) is 218 cm³/mol. The van der Waals surface area contributed by atoms with E-state index < -0.39 is 55.2 Å². The second kappa shape index (κ2) is 30.9. The van der Waals surface area contributed by atoms with Gasteiger partial charge in [-0.2, -0.15) is 0 Å². The number of unbranched alkanes of at least 4 members (excludes halogenated alkanes) is 13. The van der Waals surface area contributed by atoms with E-state index in [1.165, 1.54) is 37.7 Å². The molecular weight excluding hydrogens is 767 g/mol. The second-order valence-corrected chi connectivity index (χ2v) is 15.6. The van der Waals surface area contributed by atoms with Gasteiger partial charge in [0.1, 0.15) is 24.4 Å². The van der Waals surface area contributed by atoms with Crippen LogP contribution in [0, 0.1) is 0 Å². The first kappa shape index (κ1) is 49.3. The van der Waals surface area contributed by atoms with E-state index in [1.54, 1.807) is 0 Å². The van der Waals surface area contributed by atoms with E-state index in [0.29, 0.717) is 19.3 Å². The zero-order valence-corrected chi connectivity index (χ0v) is 35.0. The number of hydrogen-bond acceptors (Lipinski definition) is 13. The van der Waals surface area contributed by atoms with Gasteiger partial charge in [0, 0.05) is 12.8 Å². The Bertz CT molecular complexity index is 1370. The van der Waals surface area contributed by atoms with Crippen molar-refractivity contribution in [2.75, 3.05) is 6.61 Å². The number of carbonyl (C=O) groups is 3. The van der Waals surface area contributed by atoms with Crippen molar-refractivity contribution in [2.24, 2.45) is 0 Å². The molecule has 3 N–H and O–H groups in total. The SMILES string of the molecule is CCCCCCCCCCC[C@@H](CC(=O)N[C@H]1C(O)O[C@H](CO)[C@@H](OSOO[O-])[C@@H]1OC(=O)CCc1ccccc1)OC(=O)CCCCCCCCc1ccccc1. The fraction of sp³-hybridized carbons (Fsp3) is 0.659. The number of ether oxygens (including phenoxy) is 3. The topological polar surface area (TPSA) is 182 Å². The first-order valence-corrected chi connectivity index (χ1v) is 22.0. The van der Waals surface area contributed by atoms with Crippen LogP contribution >= 0.6 is 12.3 Å². The molecule has 0 aliphatic carbocycles. The summed E-state index contributed by atoms with van der Waals surface area (Å²) in [5.74, 6) is -1.60. The maximum Gasteiger partial charge on any atom is 0.306 e. The molecule has 0 radical (unpaired) electrons. The lowest BCUT2D eigenvalue weighted by Crippen LogP contribution is -2.65. The Morgan fingerprint density at radius 2 is 1.34 bits per heavy atom. The standard InChI is InChI=1S/C44H67NO12S/c1-2-3-4-5-6-7-8-12-21-28-36(52-39(48)29-22-13-10-9-11-16-23-34-24-17-14-18-25-34)32-38(47)45-41-43(54-40(49)31-30-35-26-19-15-20-27-35)42(55-58-57-56-51)37(33-46)53-44(41)50/h14-15,17-20,24-27,36-37,41-44,46,50-51H,2-13,16,21-23,28-33H2,1H3,(H,45,47)/p-1/t36-,37+,41+,42+,43+,44?/m0/s1. The van der Waals surface area contributed by atoms with Crippen molar-refractivity contribution in [2.45, 2.75) is 179 Å². The van der Waals surface area contributed by atoms with Crippen LogP contribution in [0.25, 0.3) is 0 Å². The summed E-state index contributed by atoms with van der Waals surface area (Å²) in [7, 11) is 0. The Kier molecular flexibility index (Phi) is 26.2. The second-order valence-electron chi connectivity index (χ2n) is 15.1. The minimum atomic E-state index is -1.72. The van der Waals surface area contributed by atoms with E-state index in [2.05, 4.69) is 45.9 Å². The van der Waals surface area contributed by atoms with Crippen LogP contribution in [0.2, 0.25) is 0 Å². The lowest BCUT2D eigenvalue weighted by molar-refractivity contribution is -0.777. The number of aryl methyl sites for hydroxylation is 2. The lowest BCUT2D eigenvalue weighted by atomic mass is 9.96. The molecule has 58 heavy (non-hydrogen) atoms. The summed E-state index contributed by atoms with van der Waals surface area (Å²) < 4.78 is 26.9. The molecule has 1 aliphatic heterocycles. The summed E-state index contributed by atoms with van der Waals surface area (Å²) >= 11 is 0.122. The van der Waals surface area contributed by atoms with Crippen LogP contribution < -0.4 is 10.6 Å². The summed E-state index contributed by atoms with van der Waals surface area (Å²) in [4.78, 5) is 39.8. The van der Waals surface area contributed by atoms with Gasteiger partial charge >= 0.3 is 11.9 Å². The number of hydrogen-bond donors (Lipinski definition) is 3. The van der Waals surface area contributed by atoms with Gasteiger partial charge in [-0.15, -0.1) is 4.33 Å². The third-order valence-corrected chi connectivity index (χ3v) is 10.8. The number of aliphatic hydroxyl groups is 2. The minimum Gasteiger partial charge on any atom is -0.691 e. The van der Waals surface area contributed by atoms with E-state index in [0.717, 1.165) is 69.8 Å². The number of carbonyl (C=O) groups excluding carboxylic acids is 3. The highest BCUT2D eigenvalue weighted by Gasteiger charge is 2.49. The maximum atomic E-state index is 13.7. The van der Waals surface area contributed by atoms with Gasteiger partial charge in [0.15, 0.2) is 24.7 Å². The van der Waals surface area contributed by atoms with Crippen molar-refractivity contribution < 1.29 is 57.6 Å². The van der Waals surface area contributed by atoms with Crippen molar-refractivity contribution in [3.63, 3.8) is 0 Å². The number of nitrogens with one attached hydrogen (secondary N) is 1. The van der Waals surface area contributed by atoms with Gasteiger partial charge in [-0.05, 0) is 49.7 Å². The van der Waals surface area contributed by atoms with Gasteiger partial charge in [0.25, 0.3) is 0 Å². The molecule has 14 heteroatoms. The smallest absolute Gasteiger partial charge is 0.306 e. The molecule has 1 unspecified atom stereocenters. The molecule has 3 rings (SSSR count). The average molecular weight is 833 g/mol. The Labute approximate surface area is 349 Å². The van der Waals surface area contributed by atoms with Gasteiger partial charge in [-0.1, -0.05) is 145 Å². The maximum absolute atomic E-state index is 13.7. The summed E-state index contributed by atoms with van der Waals surface area (Å²) in [6, 6.07) is 18.4. The van der Waals surface area contributed by atoms with Crippen LogP contribution in [0.5, 0.6) is 0 Å². The van der Waals surface area contributed by atoms with Crippen LogP contribution in [-0.2, 0) is 55.0 Å². The molecular formula is C44H66NO12S-. The van der Waals surface area contributed by atoms with E-state index in [9.17, 15) is 29.9 Å². The number of benzene rings is 2. The number of amides is 1. The zero-order valence-electron chi connectivity index (χ0n) is 34.2. The highest BCUT2D eigenvalue weighted by molar-refractivity contribution is 7.89. The van der Waals surface area contributed by atoms with Crippen molar-refractivity contribution in [1.29, 1.82) is 0 Å². The normalized spacial score (nSPS) is 19.7. The van der Waals surface area contributed by atoms with Crippen molar-refractivity contribution in [1.82, 2.24) is 5.32 Å². The summed E-state index contributed by atoms with van der Waals surface area (Å²) in [5, 5.41) is 37.6. The highest BCUT2D eigenvalue weighted by Crippen LogP contribution is 2.29. The zero-order chi connectivity index (χ0) is 41.6. The molecule has 0 saturated carbocycles. The first-order chi connectivity index (χ1) is 28.3. The third kappa shape index (κ3) is 20.7. The Hall–Kier alpha value is -3.08. The molecule has 2 aromatic carbocycles. The molecule has 1 saturated heterocycles. The molecule has 13 nitrogen and oxygen atoms in total. The van der Waals surface area contributed by atoms with E-state index in [4.69, 9.17) is 18.4 Å². The average Bonchev–Trinajstić information content (AvgIpc) is 3.23. The minimum absolute atomic E-state index is 0.0347. The molecule has 6 atom stereocenters. The van der Waals surface area contributed by atoms with Gasteiger partial charge in [0.2, 0.25) is 5.91 Å². The predicted octanol–water partition coefficient (Wildman–Crippen LogP) is 7.09. The summed E-state index contributed by atoms with van der Waals surface area (Å²) in [6.45, 7) is 1.54. The Morgan fingerprint density at radius 1 is 0.759 bits per heavy atom. The summed E-state index contributed by atoms with van der Waals surface area (Å²) in [6.07, 6.45) is 11.6. The molecule has 0 spiro atoms. The lowest BCUT2D eigenvalue weighted by Gasteiger charge is -2.43. The molecule has 1 heterocycles. The van der Waals surface area contributed by atoms with Gasteiger partial charge in [-0.25, -0.2) is 0 Å². The number of aliphatic hydroxyl groups excluding tert-OH is 2. The molecule has 1 fully saturated rings. The molecule has 1 aliphatic rings. The van der Waals surface area contributed by atoms with Crippen molar-refractivity contribution in [3.05, 3.63) is 71.8 Å². The van der Waals surface area contributed by atoms with Gasteiger partial charge < -0.3 is 35.0 Å². The molecule has 2 aromatic rings. The fourth-order valence-corrected chi connectivity index (χ4v) is 7.56. The Balaban J connectivity index is 1.58.